The highest BCUT2D eigenvalue weighted by molar-refractivity contribution is 5.76. The van der Waals surface area contributed by atoms with E-state index in [-0.39, 0.29) is 17.1 Å². The smallest absolute Gasteiger partial charge is 0.222 e. The molecule has 2 unspecified atom stereocenters. The lowest BCUT2D eigenvalue weighted by Crippen LogP contribution is -2.49. The standard InChI is InChI=1S/C15H28N2O2/c1-6-13(18)17-8-7-11(10-17)16-12-9-14(2,3)19-15(12,4)5/h11-12,16H,6-10H2,1-5H3. The van der Waals surface area contributed by atoms with Crippen molar-refractivity contribution in [3.63, 3.8) is 0 Å². The van der Waals surface area contributed by atoms with Crippen LogP contribution in [0.1, 0.15) is 53.9 Å². The topological polar surface area (TPSA) is 41.6 Å². The molecule has 2 aliphatic heterocycles. The molecule has 19 heavy (non-hydrogen) atoms. The van der Waals surface area contributed by atoms with Crippen LogP contribution < -0.4 is 5.32 Å². The summed E-state index contributed by atoms with van der Waals surface area (Å²) >= 11 is 0. The van der Waals surface area contributed by atoms with E-state index < -0.39 is 0 Å². The highest BCUT2D eigenvalue weighted by atomic mass is 16.5. The van der Waals surface area contributed by atoms with Crippen molar-refractivity contribution in [2.75, 3.05) is 13.1 Å². The van der Waals surface area contributed by atoms with E-state index in [1.165, 1.54) is 0 Å². The van der Waals surface area contributed by atoms with Crippen LogP contribution in [0.2, 0.25) is 0 Å². The highest BCUT2D eigenvalue weighted by Gasteiger charge is 2.46. The molecule has 2 heterocycles. The van der Waals surface area contributed by atoms with Gasteiger partial charge >= 0.3 is 0 Å². The summed E-state index contributed by atoms with van der Waals surface area (Å²) in [6.07, 6.45) is 2.69. The van der Waals surface area contributed by atoms with E-state index in [1.807, 2.05) is 11.8 Å². The Bertz CT molecular complexity index is 352. The zero-order valence-electron chi connectivity index (χ0n) is 13.0. The van der Waals surface area contributed by atoms with Crippen LogP contribution >= 0.6 is 0 Å². The van der Waals surface area contributed by atoms with Gasteiger partial charge in [0.05, 0.1) is 11.2 Å². The molecule has 0 aromatic carbocycles. The van der Waals surface area contributed by atoms with E-state index in [4.69, 9.17) is 4.74 Å². The number of hydrogen-bond acceptors (Lipinski definition) is 3. The highest BCUT2D eigenvalue weighted by Crippen LogP contribution is 2.37. The van der Waals surface area contributed by atoms with Crippen LogP contribution in [0.25, 0.3) is 0 Å². The Morgan fingerprint density at radius 3 is 2.58 bits per heavy atom. The Balaban J connectivity index is 1.91. The molecule has 0 aromatic heterocycles. The third-order valence-corrected chi connectivity index (χ3v) is 4.35. The number of carbonyl (C=O) groups is 1. The summed E-state index contributed by atoms with van der Waals surface area (Å²) in [6, 6.07) is 0.779. The summed E-state index contributed by atoms with van der Waals surface area (Å²) in [6.45, 7) is 12.3. The second-order valence-corrected chi connectivity index (χ2v) is 7.07. The lowest BCUT2D eigenvalue weighted by Gasteiger charge is -2.30. The summed E-state index contributed by atoms with van der Waals surface area (Å²) in [7, 11) is 0. The Hall–Kier alpha value is -0.610. The van der Waals surface area contributed by atoms with Crippen LogP contribution in [0.15, 0.2) is 0 Å². The fourth-order valence-corrected chi connectivity index (χ4v) is 3.45. The molecule has 2 atom stereocenters. The minimum absolute atomic E-state index is 0.0568. The van der Waals surface area contributed by atoms with Crippen molar-refractivity contribution in [1.82, 2.24) is 10.2 Å². The quantitative estimate of drug-likeness (QED) is 0.850. The van der Waals surface area contributed by atoms with Gasteiger partial charge < -0.3 is 15.0 Å². The van der Waals surface area contributed by atoms with E-state index in [0.717, 1.165) is 25.9 Å². The largest absolute Gasteiger partial charge is 0.368 e. The number of nitrogens with one attached hydrogen (secondary N) is 1. The van der Waals surface area contributed by atoms with Gasteiger partial charge in [-0.3, -0.25) is 4.79 Å². The van der Waals surface area contributed by atoms with E-state index in [0.29, 0.717) is 18.5 Å². The number of carbonyl (C=O) groups excluding carboxylic acids is 1. The van der Waals surface area contributed by atoms with E-state index in [1.54, 1.807) is 0 Å². The number of ether oxygens (including phenoxy) is 1. The van der Waals surface area contributed by atoms with Crippen LogP contribution in [-0.2, 0) is 9.53 Å². The maximum atomic E-state index is 11.7. The normalized spacial score (nSPS) is 32.8. The summed E-state index contributed by atoms with van der Waals surface area (Å²) < 4.78 is 6.11. The van der Waals surface area contributed by atoms with E-state index in [9.17, 15) is 4.79 Å². The average molecular weight is 268 g/mol. The molecule has 2 fully saturated rings. The van der Waals surface area contributed by atoms with Crippen LogP contribution in [0.3, 0.4) is 0 Å². The lowest BCUT2D eigenvalue weighted by molar-refractivity contribution is -0.129. The Kier molecular flexibility index (Phi) is 3.94. The number of nitrogens with zero attached hydrogens (tertiary/aromatic N) is 1. The summed E-state index contributed by atoms with van der Waals surface area (Å²) in [4.78, 5) is 13.7. The fourth-order valence-electron chi connectivity index (χ4n) is 3.45. The van der Waals surface area contributed by atoms with E-state index in [2.05, 4.69) is 33.0 Å². The van der Waals surface area contributed by atoms with Crippen molar-refractivity contribution in [3.05, 3.63) is 0 Å². The number of likely N-dealkylation sites (tertiary alicyclic amines) is 1. The Labute approximate surface area is 116 Å². The Morgan fingerprint density at radius 2 is 2.05 bits per heavy atom. The minimum atomic E-state index is -0.133. The number of rotatable bonds is 3. The van der Waals surface area contributed by atoms with Crippen molar-refractivity contribution in [2.24, 2.45) is 0 Å². The maximum Gasteiger partial charge on any atom is 0.222 e. The van der Waals surface area contributed by atoms with E-state index >= 15 is 0 Å². The second kappa shape index (κ2) is 5.06. The molecule has 1 amide bonds. The van der Waals surface area contributed by atoms with Crippen LogP contribution in [0.5, 0.6) is 0 Å². The molecule has 110 valence electrons. The predicted molar refractivity (Wildman–Crippen MR) is 76.1 cm³/mol. The molecule has 0 saturated carbocycles. The van der Waals surface area contributed by atoms with Gasteiger partial charge in [-0.2, -0.15) is 0 Å². The summed E-state index contributed by atoms with van der Waals surface area (Å²) in [5, 5.41) is 3.71. The molecule has 2 rings (SSSR count). The van der Waals surface area contributed by atoms with Crippen LogP contribution in [0.4, 0.5) is 0 Å². The molecular weight excluding hydrogens is 240 g/mol. The van der Waals surface area contributed by atoms with Crippen molar-refractivity contribution < 1.29 is 9.53 Å². The molecule has 0 spiro atoms. The van der Waals surface area contributed by atoms with Crippen molar-refractivity contribution in [3.8, 4) is 0 Å². The first-order chi connectivity index (χ1) is 8.73. The van der Waals surface area contributed by atoms with Gasteiger partial charge in [0.1, 0.15) is 0 Å². The number of hydrogen-bond donors (Lipinski definition) is 1. The first kappa shape index (κ1) is 14.8. The fraction of sp³-hybridized carbons (Fsp3) is 0.933. The van der Waals surface area contributed by atoms with Gasteiger partial charge in [-0.1, -0.05) is 6.92 Å². The minimum Gasteiger partial charge on any atom is -0.368 e. The third kappa shape index (κ3) is 3.29. The van der Waals surface area contributed by atoms with Gasteiger partial charge in [0.2, 0.25) is 5.91 Å². The lowest BCUT2D eigenvalue weighted by atomic mass is 9.93. The molecule has 2 aliphatic rings. The van der Waals surface area contributed by atoms with Gasteiger partial charge in [-0.25, -0.2) is 0 Å². The zero-order chi connectivity index (χ0) is 14.3. The third-order valence-electron chi connectivity index (χ3n) is 4.35. The van der Waals surface area contributed by atoms with Crippen molar-refractivity contribution >= 4 is 5.91 Å². The van der Waals surface area contributed by atoms with Gasteiger partial charge in [-0.05, 0) is 40.5 Å². The van der Waals surface area contributed by atoms with Gasteiger partial charge in [0.25, 0.3) is 0 Å². The SMILES string of the molecule is CCC(=O)N1CCC(NC2CC(C)(C)OC2(C)C)C1. The van der Waals surface area contributed by atoms with Gasteiger partial charge in [0, 0.05) is 31.6 Å². The summed E-state index contributed by atoms with van der Waals surface area (Å²) in [5.74, 6) is 0.270. The molecule has 0 aliphatic carbocycles. The monoisotopic (exact) mass is 268 g/mol. The summed E-state index contributed by atoms with van der Waals surface area (Å²) in [5.41, 5.74) is -0.190. The molecule has 4 nitrogen and oxygen atoms in total. The number of amides is 1. The molecule has 0 aromatic rings. The van der Waals surface area contributed by atoms with Crippen LogP contribution in [0, 0.1) is 0 Å². The molecule has 0 radical (unpaired) electrons. The average Bonchev–Trinajstić information content (AvgIpc) is 2.81. The Morgan fingerprint density at radius 1 is 1.37 bits per heavy atom. The van der Waals surface area contributed by atoms with Gasteiger partial charge in [0.15, 0.2) is 0 Å². The van der Waals surface area contributed by atoms with Crippen molar-refractivity contribution in [1.29, 1.82) is 0 Å². The van der Waals surface area contributed by atoms with Crippen LogP contribution in [-0.4, -0.2) is 47.2 Å². The zero-order valence-corrected chi connectivity index (χ0v) is 13.0. The predicted octanol–water partition coefficient (Wildman–Crippen LogP) is 1.93. The first-order valence-electron chi connectivity index (χ1n) is 7.47. The van der Waals surface area contributed by atoms with Gasteiger partial charge in [-0.15, -0.1) is 0 Å². The first-order valence-corrected chi connectivity index (χ1v) is 7.47. The maximum absolute atomic E-state index is 11.7. The molecule has 0 bridgehead atoms. The molecule has 1 N–H and O–H groups in total. The van der Waals surface area contributed by atoms with Crippen molar-refractivity contribution in [2.45, 2.75) is 77.2 Å². The second-order valence-electron chi connectivity index (χ2n) is 7.07. The molecule has 4 heteroatoms. The molecular formula is C15H28N2O2. The molecule has 2 saturated heterocycles.